The van der Waals surface area contributed by atoms with E-state index in [-0.39, 0.29) is 18.2 Å². The number of aliphatic hydroxyl groups is 1. The summed E-state index contributed by atoms with van der Waals surface area (Å²) in [4.78, 5) is 4.79. The van der Waals surface area contributed by atoms with Crippen LogP contribution in [0.25, 0.3) is 0 Å². The molecule has 0 radical (unpaired) electrons. The van der Waals surface area contributed by atoms with Crippen LogP contribution in [0, 0.1) is 0 Å². The summed E-state index contributed by atoms with van der Waals surface area (Å²) in [5.74, 6) is 0. The van der Waals surface area contributed by atoms with E-state index in [4.69, 9.17) is 0 Å². The topological polar surface area (TPSA) is 26.7 Å². The van der Waals surface area contributed by atoms with Gasteiger partial charge in [0.15, 0.2) is 0 Å². The van der Waals surface area contributed by atoms with Gasteiger partial charge in [-0.1, -0.05) is 30.3 Å². The van der Waals surface area contributed by atoms with Gasteiger partial charge in [0.1, 0.15) is 0 Å². The van der Waals surface area contributed by atoms with Gasteiger partial charge in [0.2, 0.25) is 0 Å². The van der Waals surface area contributed by atoms with E-state index in [1.54, 1.807) is 0 Å². The van der Waals surface area contributed by atoms with Crippen LogP contribution in [0.4, 0.5) is 0 Å². The Morgan fingerprint density at radius 1 is 1.32 bits per heavy atom. The third kappa shape index (κ3) is 2.99. The normalized spacial score (nSPS) is 26.3. The lowest BCUT2D eigenvalue weighted by atomic mass is 9.91. The SMILES string of the molecule is CC(c1ccccc1)N1C(CO)CN(C)CC1(C)C. The number of benzene rings is 1. The Morgan fingerprint density at radius 3 is 2.53 bits per heavy atom. The molecule has 0 aromatic heterocycles. The molecule has 2 atom stereocenters. The molecule has 1 aliphatic heterocycles. The molecular weight excluding hydrogens is 236 g/mol. The zero-order valence-corrected chi connectivity index (χ0v) is 12.5. The van der Waals surface area contributed by atoms with Gasteiger partial charge in [0.25, 0.3) is 0 Å². The molecule has 0 saturated carbocycles. The van der Waals surface area contributed by atoms with E-state index in [1.165, 1.54) is 5.56 Å². The van der Waals surface area contributed by atoms with Crippen molar-refractivity contribution in [1.82, 2.24) is 9.80 Å². The summed E-state index contributed by atoms with van der Waals surface area (Å²) in [5, 5.41) is 9.74. The van der Waals surface area contributed by atoms with Gasteiger partial charge in [-0.2, -0.15) is 0 Å². The first-order valence-electron chi connectivity index (χ1n) is 7.08. The van der Waals surface area contributed by atoms with Crippen LogP contribution in [-0.2, 0) is 0 Å². The van der Waals surface area contributed by atoms with Gasteiger partial charge >= 0.3 is 0 Å². The van der Waals surface area contributed by atoms with E-state index < -0.39 is 0 Å². The Balaban J connectivity index is 2.29. The van der Waals surface area contributed by atoms with Crippen molar-refractivity contribution >= 4 is 0 Å². The molecule has 106 valence electrons. The fourth-order valence-electron chi connectivity index (χ4n) is 3.63. The third-order valence-electron chi connectivity index (χ3n) is 4.18. The first-order valence-corrected chi connectivity index (χ1v) is 7.08. The van der Waals surface area contributed by atoms with Crippen molar-refractivity contribution < 1.29 is 5.11 Å². The molecule has 2 rings (SSSR count). The van der Waals surface area contributed by atoms with Gasteiger partial charge in [-0.3, -0.25) is 4.90 Å². The van der Waals surface area contributed by atoms with Gasteiger partial charge in [0.05, 0.1) is 6.61 Å². The Bertz CT molecular complexity index is 404. The lowest BCUT2D eigenvalue weighted by Gasteiger charge is -2.53. The largest absolute Gasteiger partial charge is 0.395 e. The minimum absolute atomic E-state index is 0.0651. The number of likely N-dealkylation sites (N-methyl/N-ethyl adjacent to an activating group) is 1. The van der Waals surface area contributed by atoms with Crippen molar-refractivity contribution in [3.8, 4) is 0 Å². The van der Waals surface area contributed by atoms with Crippen LogP contribution >= 0.6 is 0 Å². The standard InChI is InChI=1S/C16H26N2O/c1-13(14-8-6-5-7-9-14)18-15(11-19)10-17(4)12-16(18,2)3/h5-9,13,15,19H,10-12H2,1-4H3. The Hall–Kier alpha value is -0.900. The maximum absolute atomic E-state index is 9.74. The van der Waals surface area contributed by atoms with Crippen LogP contribution in [0.3, 0.4) is 0 Å². The average Bonchev–Trinajstić information content (AvgIpc) is 2.37. The van der Waals surface area contributed by atoms with Crippen molar-refractivity contribution in [2.45, 2.75) is 38.4 Å². The van der Waals surface area contributed by atoms with Crippen LogP contribution in [0.1, 0.15) is 32.4 Å². The van der Waals surface area contributed by atoms with Crippen LogP contribution in [0.15, 0.2) is 30.3 Å². The molecule has 1 fully saturated rings. The summed E-state index contributed by atoms with van der Waals surface area (Å²) in [6, 6.07) is 11.1. The molecule has 1 saturated heterocycles. The van der Waals surface area contributed by atoms with Crippen molar-refractivity contribution in [3.63, 3.8) is 0 Å². The number of hydrogen-bond donors (Lipinski definition) is 1. The molecule has 1 N–H and O–H groups in total. The van der Waals surface area contributed by atoms with Crippen LogP contribution in [0.5, 0.6) is 0 Å². The van der Waals surface area contributed by atoms with E-state index in [0.29, 0.717) is 6.04 Å². The third-order valence-corrected chi connectivity index (χ3v) is 4.18. The summed E-state index contributed by atoms with van der Waals surface area (Å²) >= 11 is 0. The predicted molar refractivity (Wildman–Crippen MR) is 79.1 cm³/mol. The number of piperazine rings is 1. The molecule has 1 aromatic rings. The van der Waals surface area contributed by atoms with Crippen molar-refractivity contribution in [2.75, 3.05) is 26.7 Å². The zero-order chi connectivity index (χ0) is 14.0. The van der Waals surface area contributed by atoms with Crippen molar-refractivity contribution in [3.05, 3.63) is 35.9 Å². The van der Waals surface area contributed by atoms with Gasteiger partial charge in [0, 0.05) is 30.7 Å². The number of hydrogen-bond acceptors (Lipinski definition) is 3. The summed E-state index contributed by atoms with van der Waals surface area (Å²) < 4.78 is 0. The molecule has 3 heteroatoms. The van der Waals surface area contributed by atoms with E-state index in [0.717, 1.165) is 13.1 Å². The van der Waals surface area contributed by atoms with Gasteiger partial charge in [-0.25, -0.2) is 0 Å². The highest BCUT2D eigenvalue weighted by molar-refractivity contribution is 5.20. The second-order valence-corrected chi connectivity index (χ2v) is 6.34. The first kappa shape index (κ1) is 14.5. The summed E-state index contributed by atoms with van der Waals surface area (Å²) in [5.41, 5.74) is 1.38. The van der Waals surface area contributed by atoms with Crippen LogP contribution in [-0.4, -0.2) is 53.2 Å². The quantitative estimate of drug-likeness (QED) is 0.904. The molecule has 0 bridgehead atoms. The Morgan fingerprint density at radius 2 is 1.95 bits per heavy atom. The highest BCUT2D eigenvalue weighted by atomic mass is 16.3. The fourth-order valence-corrected chi connectivity index (χ4v) is 3.63. The Kier molecular flexibility index (Phi) is 4.29. The molecule has 0 aliphatic carbocycles. The van der Waals surface area contributed by atoms with Gasteiger partial charge < -0.3 is 10.0 Å². The maximum Gasteiger partial charge on any atom is 0.0599 e. The van der Waals surface area contributed by atoms with E-state index in [2.05, 4.69) is 68.0 Å². The van der Waals surface area contributed by atoms with E-state index >= 15 is 0 Å². The highest BCUT2D eigenvalue weighted by Crippen LogP contribution is 2.33. The molecule has 0 spiro atoms. The zero-order valence-electron chi connectivity index (χ0n) is 12.5. The summed E-state index contributed by atoms with van der Waals surface area (Å²) in [6.45, 7) is 8.95. The first-order chi connectivity index (χ1) is 8.95. The summed E-state index contributed by atoms with van der Waals surface area (Å²) in [7, 11) is 2.13. The summed E-state index contributed by atoms with van der Waals surface area (Å²) in [6.07, 6.45) is 0. The smallest absolute Gasteiger partial charge is 0.0599 e. The monoisotopic (exact) mass is 262 g/mol. The molecule has 2 unspecified atom stereocenters. The average molecular weight is 262 g/mol. The molecule has 0 amide bonds. The van der Waals surface area contributed by atoms with E-state index in [9.17, 15) is 5.11 Å². The maximum atomic E-state index is 9.74. The predicted octanol–water partition coefficient (Wildman–Crippen LogP) is 2.13. The minimum Gasteiger partial charge on any atom is -0.395 e. The molecule has 1 heterocycles. The molecule has 19 heavy (non-hydrogen) atoms. The highest BCUT2D eigenvalue weighted by Gasteiger charge is 2.41. The van der Waals surface area contributed by atoms with E-state index in [1.807, 2.05) is 0 Å². The van der Waals surface area contributed by atoms with Gasteiger partial charge in [-0.05, 0) is 33.4 Å². The lowest BCUT2D eigenvalue weighted by molar-refractivity contribution is -0.0606. The van der Waals surface area contributed by atoms with Gasteiger partial charge in [-0.15, -0.1) is 0 Å². The molecule has 3 nitrogen and oxygen atoms in total. The van der Waals surface area contributed by atoms with Crippen LogP contribution < -0.4 is 0 Å². The number of nitrogens with zero attached hydrogens (tertiary/aromatic N) is 2. The van der Waals surface area contributed by atoms with Crippen molar-refractivity contribution in [1.29, 1.82) is 0 Å². The minimum atomic E-state index is 0.0651. The lowest BCUT2D eigenvalue weighted by Crippen LogP contribution is -2.64. The molecule has 1 aromatic carbocycles. The molecule has 1 aliphatic rings. The Labute approximate surface area is 116 Å². The second kappa shape index (κ2) is 5.61. The van der Waals surface area contributed by atoms with Crippen LogP contribution in [0.2, 0.25) is 0 Å². The van der Waals surface area contributed by atoms with Crippen molar-refractivity contribution in [2.24, 2.45) is 0 Å². The molecular formula is C16H26N2O. The fraction of sp³-hybridized carbons (Fsp3) is 0.625. The number of rotatable bonds is 3. The second-order valence-electron chi connectivity index (χ2n) is 6.34. The number of aliphatic hydroxyl groups excluding tert-OH is 1.